The number of halogens is 1. The van der Waals surface area contributed by atoms with E-state index in [1.165, 1.54) is 5.56 Å². The Balaban J connectivity index is 1.83. The summed E-state index contributed by atoms with van der Waals surface area (Å²) in [6.45, 7) is 2.40. The molecule has 1 aromatic heterocycles. The number of nitrogens with zero attached hydrogens (tertiary/aromatic N) is 1. The van der Waals surface area contributed by atoms with E-state index in [1.807, 2.05) is 37.4 Å². The molecule has 0 bridgehead atoms. The second-order valence-corrected chi connectivity index (χ2v) is 5.77. The van der Waals surface area contributed by atoms with Gasteiger partial charge in [0.25, 0.3) is 5.56 Å². The summed E-state index contributed by atoms with van der Waals surface area (Å²) in [5.41, 5.74) is 2.00. The highest BCUT2D eigenvalue weighted by Gasteiger charge is 2.23. The highest BCUT2D eigenvalue weighted by molar-refractivity contribution is 9.10. The predicted molar refractivity (Wildman–Crippen MR) is 77.7 cm³/mol. The van der Waals surface area contributed by atoms with E-state index < -0.39 is 0 Å². The number of hydrogen-bond acceptors (Lipinski definition) is 2. The number of para-hydroxylation sites is 1. The van der Waals surface area contributed by atoms with Crippen LogP contribution in [0.4, 0.5) is 0 Å². The van der Waals surface area contributed by atoms with Crippen LogP contribution in [-0.2, 0) is 13.0 Å². The maximum Gasteiger partial charge on any atom is 0.253 e. The highest BCUT2D eigenvalue weighted by Crippen LogP contribution is 2.28. The number of fused-ring (bicyclic) bond motifs is 1. The van der Waals surface area contributed by atoms with Crippen LogP contribution in [0, 0.1) is 6.92 Å². The topological polar surface area (TPSA) is 31.2 Å². The molecule has 1 aliphatic heterocycles. The van der Waals surface area contributed by atoms with Crippen LogP contribution in [0.5, 0.6) is 5.75 Å². The van der Waals surface area contributed by atoms with Crippen molar-refractivity contribution in [2.75, 3.05) is 0 Å². The molecule has 0 N–H and O–H groups in total. The van der Waals surface area contributed by atoms with Crippen molar-refractivity contribution in [1.29, 1.82) is 0 Å². The molecule has 4 heteroatoms. The zero-order chi connectivity index (χ0) is 13.4. The highest BCUT2D eigenvalue weighted by atomic mass is 79.9. The second kappa shape index (κ2) is 4.85. The molecule has 1 atom stereocenters. The van der Waals surface area contributed by atoms with Crippen LogP contribution in [-0.4, -0.2) is 10.7 Å². The molecular formula is C15H14BrNO2. The minimum absolute atomic E-state index is 0.0313. The largest absolute Gasteiger partial charge is 0.488 e. The van der Waals surface area contributed by atoms with E-state index in [2.05, 4.69) is 22.0 Å². The summed E-state index contributed by atoms with van der Waals surface area (Å²) < 4.78 is 8.51. The Labute approximate surface area is 120 Å². The van der Waals surface area contributed by atoms with Gasteiger partial charge >= 0.3 is 0 Å². The monoisotopic (exact) mass is 319 g/mol. The molecule has 0 amide bonds. The first kappa shape index (κ1) is 12.5. The number of hydrogen-bond donors (Lipinski definition) is 0. The number of aromatic nitrogens is 1. The molecule has 0 spiro atoms. The van der Waals surface area contributed by atoms with Crippen LogP contribution in [0.3, 0.4) is 0 Å². The minimum Gasteiger partial charge on any atom is -0.488 e. The lowest BCUT2D eigenvalue weighted by molar-refractivity contribution is 0.207. The molecule has 98 valence electrons. The zero-order valence-electron chi connectivity index (χ0n) is 10.6. The average molecular weight is 320 g/mol. The third-order valence-corrected chi connectivity index (χ3v) is 3.78. The van der Waals surface area contributed by atoms with Gasteiger partial charge in [0.1, 0.15) is 11.9 Å². The van der Waals surface area contributed by atoms with Crippen LogP contribution in [0.25, 0.3) is 0 Å². The first-order chi connectivity index (χ1) is 9.13. The molecule has 2 aromatic rings. The number of benzene rings is 1. The second-order valence-electron chi connectivity index (χ2n) is 4.85. The molecule has 3 nitrogen and oxygen atoms in total. The Kier molecular flexibility index (Phi) is 3.19. The third-order valence-electron chi connectivity index (χ3n) is 3.35. The predicted octanol–water partition coefficient (Wildman–Crippen LogP) is 2.92. The van der Waals surface area contributed by atoms with Crippen LogP contribution in [0.1, 0.15) is 11.1 Å². The van der Waals surface area contributed by atoms with Crippen molar-refractivity contribution in [3.63, 3.8) is 0 Å². The maximum absolute atomic E-state index is 12.1. The molecular weight excluding hydrogens is 306 g/mol. The van der Waals surface area contributed by atoms with Gasteiger partial charge in [-0.3, -0.25) is 4.79 Å². The number of ether oxygens (including phenoxy) is 1. The number of rotatable bonds is 2. The van der Waals surface area contributed by atoms with E-state index in [4.69, 9.17) is 4.74 Å². The molecule has 0 radical (unpaired) electrons. The van der Waals surface area contributed by atoms with Crippen LogP contribution >= 0.6 is 15.9 Å². The van der Waals surface area contributed by atoms with Crippen LogP contribution < -0.4 is 10.3 Å². The van der Waals surface area contributed by atoms with Gasteiger partial charge < -0.3 is 9.30 Å². The molecule has 0 aliphatic carbocycles. The SMILES string of the molecule is Cc1cc(Br)cn(CC2Cc3ccccc3O2)c1=O. The van der Waals surface area contributed by atoms with Crippen LogP contribution in [0.15, 0.2) is 45.8 Å². The fourth-order valence-corrected chi connectivity index (χ4v) is 3.04. The van der Waals surface area contributed by atoms with Gasteiger partial charge in [-0.05, 0) is 40.5 Å². The van der Waals surface area contributed by atoms with Crippen molar-refractivity contribution in [3.05, 3.63) is 62.5 Å². The zero-order valence-corrected chi connectivity index (χ0v) is 12.2. The number of aryl methyl sites for hydroxylation is 1. The fourth-order valence-electron chi connectivity index (χ4n) is 2.45. The standard InChI is InChI=1S/C15H14BrNO2/c1-10-6-12(16)8-17(15(10)18)9-13-7-11-4-2-3-5-14(11)19-13/h2-6,8,13H,7,9H2,1H3. The summed E-state index contributed by atoms with van der Waals surface area (Å²) >= 11 is 3.42. The molecule has 1 aromatic carbocycles. The summed E-state index contributed by atoms with van der Waals surface area (Å²) in [4.78, 5) is 12.1. The third kappa shape index (κ3) is 2.45. The first-order valence-electron chi connectivity index (χ1n) is 6.24. The Morgan fingerprint density at radius 2 is 2.21 bits per heavy atom. The van der Waals surface area contributed by atoms with E-state index in [9.17, 15) is 4.79 Å². The summed E-state index contributed by atoms with van der Waals surface area (Å²) in [5.74, 6) is 0.937. The van der Waals surface area contributed by atoms with Gasteiger partial charge in [0.2, 0.25) is 0 Å². The Morgan fingerprint density at radius 3 is 3.00 bits per heavy atom. The van der Waals surface area contributed by atoms with Crippen molar-refractivity contribution in [3.8, 4) is 5.75 Å². The summed E-state index contributed by atoms with van der Waals surface area (Å²) in [6.07, 6.45) is 2.71. The van der Waals surface area contributed by atoms with Crippen LogP contribution in [0.2, 0.25) is 0 Å². The lowest BCUT2D eigenvalue weighted by Crippen LogP contribution is -2.29. The van der Waals surface area contributed by atoms with Crippen molar-refractivity contribution in [2.24, 2.45) is 0 Å². The molecule has 2 heterocycles. The van der Waals surface area contributed by atoms with Gasteiger partial charge in [0, 0.05) is 22.7 Å². The molecule has 0 saturated heterocycles. The fraction of sp³-hybridized carbons (Fsp3) is 0.267. The Bertz CT molecular complexity index is 653. The van der Waals surface area contributed by atoms with Gasteiger partial charge in [-0.1, -0.05) is 18.2 Å². The van der Waals surface area contributed by atoms with Gasteiger partial charge in [-0.25, -0.2) is 0 Å². The van der Waals surface area contributed by atoms with Crippen molar-refractivity contribution < 1.29 is 4.74 Å². The molecule has 0 saturated carbocycles. The van der Waals surface area contributed by atoms with Crippen molar-refractivity contribution in [1.82, 2.24) is 4.57 Å². The molecule has 19 heavy (non-hydrogen) atoms. The van der Waals surface area contributed by atoms with E-state index >= 15 is 0 Å². The van der Waals surface area contributed by atoms with Gasteiger partial charge in [0.05, 0.1) is 6.54 Å². The molecule has 1 unspecified atom stereocenters. The minimum atomic E-state index is 0.0313. The Morgan fingerprint density at radius 1 is 1.42 bits per heavy atom. The lowest BCUT2D eigenvalue weighted by atomic mass is 10.1. The summed E-state index contributed by atoms with van der Waals surface area (Å²) in [7, 11) is 0. The average Bonchev–Trinajstić information content (AvgIpc) is 2.77. The van der Waals surface area contributed by atoms with Gasteiger partial charge in [-0.2, -0.15) is 0 Å². The smallest absolute Gasteiger partial charge is 0.253 e. The normalized spacial score (nSPS) is 17.1. The van der Waals surface area contributed by atoms with E-state index in [0.717, 1.165) is 22.2 Å². The lowest BCUT2D eigenvalue weighted by Gasteiger charge is -2.13. The number of pyridine rings is 1. The Hall–Kier alpha value is -1.55. The molecule has 0 fully saturated rings. The van der Waals surface area contributed by atoms with E-state index in [1.54, 1.807) is 4.57 Å². The quantitative estimate of drug-likeness (QED) is 0.852. The maximum atomic E-state index is 12.1. The van der Waals surface area contributed by atoms with E-state index in [0.29, 0.717) is 6.54 Å². The summed E-state index contributed by atoms with van der Waals surface area (Å²) in [5, 5.41) is 0. The molecule has 3 rings (SSSR count). The van der Waals surface area contributed by atoms with Gasteiger partial charge in [-0.15, -0.1) is 0 Å². The first-order valence-corrected chi connectivity index (χ1v) is 7.04. The van der Waals surface area contributed by atoms with E-state index in [-0.39, 0.29) is 11.7 Å². The van der Waals surface area contributed by atoms with Crippen molar-refractivity contribution >= 4 is 15.9 Å². The van der Waals surface area contributed by atoms with Crippen molar-refractivity contribution in [2.45, 2.75) is 26.0 Å². The van der Waals surface area contributed by atoms with Gasteiger partial charge in [0.15, 0.2) is 0 Å². The summed E-state index contributed by atoms with van der Waals surface area (Å²) in [6, 6.07) is 9.87. The molecule has 1 aliphatic rings.